The molecule has 24 heavy (non-hydrogen) atoms. The number of sulfonamides is 1. The van der Waals surface area contributed by atoms with Crippen molar-refractivity contribution >= 4 is 26.5 Å². The van der Waals surface area contributed by atoms with Gasteiger partial charge in [0.2, 0.25) is 0 Å². The first-order chi connectivity index (χ1) is 11.3. The summed E-state index contributed by atoms with van der Waals surface area (Å²) < 4.78 is 29.7. The van der Waals surface area contributed by atoms with E-state index in [1.54, 1.807) is 22.5 Å². The van der Waals surface area contributed by atoms with Crippen LogP contribution in [0.2, 0.25) is 0 Å². The Hall–Kier alpha value is -2.19. The van der Waals surface area contributed by atoms with Gasteiger partial charge in [-0.15, -0.1) is 11.3 Å². The van der Waals surface area contributed by atoms with E-state index in [2.05, 4.69) is 14.8 Å². The fourth-order valence-corrected chi connectivity index (χ4v) is 4.36. The van der Waals surface area contributed by atoms with Gasteiger partial charge in [0.05, 0.1) is 17.6 Å². The first-order valence-corrected chi connectivity index (χ1v) is 9.71. The van der Waals surface area contributed by atoms with E-state index in [4.69, 9.17) is 0 Å². The normalized spacial score (nSPS) is 12.3. The molecular weight excluding hydrogens is 344 g/mol. The van der Waals surface area contributed by atoms with Crippen LogP contribution in [0.3, 0.4) is 0 Å². The highest BCUT2D eigenvalue weighted by molar-refractivity contribution is 7.93. The van der Waals surface area contributed by atoms with Crippen LogP contribution >= 0.6 is 11.3 Å². The molecule has 0 unspecified atom stereocenters. The lowest BCUT2D eigenvalue weighted by molar-refractivity contribution is 0.543. The molecule has 6 nitrogen and oxygen atoms in total. The van der Waals surface area contributed by atoms with Crippen LogP contribution in [-0.2, 0) is 15.4 Å². The molecule has 126 valence electrons. The van der Waals surface area contributed by atoms with E-state index in [1.165, 1.54) is 11.3 Å². The topological polar surface area (TPSA) is 76.9 Å². The maximum absolute atomic E-state index is 12.8. The number of benzene rings is 1. The van der Waals surface area contributed by atoms with Gasteiger partial charge in [-0.25, -0.2) is 18.1 Å². The van der Waals surface area contributed by atoms with Gasteiger partial charge in [0.25, 0.3) is 10.0 Å². The molecule has 0 saturated carbocycles. The molecule has 0 aliphatic rings. The smallest absolute Gasteiger partial charge is 0.255 e. The fraction of sp³-hybridized carbons (Fsp3) is 0.250. The highest BCUT2D eigenvalue weighted by Gasteiger charge is 2.30. The van der Waals surface area contributed by atoms with Gasteiger partial charge in [-0.2, -0.15) is 5.10 Å². The largest absolute Gasteiger partial charge is 0.267 e. The molecule has 3 aromatic rings. The van der Waals surface area contributed by atoms with E-state index in [0.29, 0.717) is 10.8 Å². The molecule has 0 aliphatic heterocycles. The van der Waals surface area contributed by atoms with E-state index in [-0.39, 0.29) is 4.90 Å². The van der Waals surface area contributed by atoms with Gasteiger partial charge in [0.15, 0.2) is 5.13 Å². The highest BCUT2D eigenvalue weighted by Crippen LogP contribution is 2.30. The molecule has 0 aliphatic carbocycles. The SMILES string of the molecule is CC(C)(C)c1nn(-c2ccccc2)cc1S(=O)(=O)Nc1nccs1. The summed E-state index contributed by atoms with van der Waals surface area (Å²) in [5, 5.41) is 6.58. The molecule has 0 saturated heterocycles. The molecule has 0 radical (unpaired) electrons. The molecular formula is C16H18N4O2S2. The molecule has 0 bridgehead atoms. The van der Waals surface area contributed by atoms with Crippen molar-refractivity contribution in [3.05, 3.63) is 53.8 Å². The average molecular weight is 362 g/mol. The Bertz CT molecular complexity index is 924. The zero-order chi connectivity index (χ0) is 17.4. The van der Waals surface area contributed by atoms with Gasteiger partial charge in [0, 0.05) is 17.0 Å². The molecule has 0 fully saturated rings. The standard InChI is InChI=1S/C16H18N4O2S2/c1-16(2,3)14-13(24(21,22)19-15-17-9-10-23-15)11-20(18-14)12-7-5-4-6-8-12/h4-11H,1-3H3,(H,17,19). The zero-order valence-corrected chi connectivity index (χ0v) is 15.2. The Morgan fingerprint density at radius 1 is 1.17 bits per heavy atom. The highest BCUT2D eigenvalue weighted by atomic mass is 32.2. The second kappa shape index (κ2) is 6.03. The summed E-state index contributed by atoms with van der Waals surface area (Å²) in [6.45, 7) is 5.81. The Labute approximate surface area is 145 Å². The molecule has 2 aromatic heterocycles. The third-order valence-electron chi connectivity index (χ3n) is 3.36. The quantitative estimate of drug-likeness (QED) is 0.771. The third-order valence-corrected chi connectivity index (χ3v) is 5.51. The number of para-hydroxylation sites is 1. The number of rotatable bonds is 4. The van der Waals surface area contributed by atoms with Crippen molar-refractivity contribution < 1.29 is 8.42 Å². The molecule has 0 amide bonds. The van der Waals surface area contributed by atoms with Crippen molar-refractivity contribution in [2.24, 2.45) is 0 Å². The number of thiazole rings is 1. The van der Waals surface area contributed by atoms with Gasteiger partial charge < -0.3 is 0 Å². The van der Waals surface area contributed by atoms with Crippen molar-refractivity contribution in [2.45, 2.75) is 31.1 Å². The number of nitrogens with zero attached hydrogens (tertiary/aromatic N) is 3. The molecule has 1 aromatic carbocycles. The summed E-state index contributed by atoms with van der Waals surface area (Å²) in [6, 6.07) is 9.43. The maximum Gasteiger partial charge on any atom is 0.267 e. The van der Waals surface area contributed by atoms with Crippen molar-refractivity contribution in [1.29, 1.82) is 0 Å². The van der Waals surface area contributed by atoms with Crippen molar-refractivity contribution in [1.82, 2.24) is 14.8 Å². The molecule has 8 heteroatoms. The fourth-order valence-electron chi connectivity index (χ4n) is 2.23. The summed E-state index contributed by atoms with van der Waals surface area (Å²) in [7, 11) is -3.77. The van der Waals surface area contributed by atoms with E-state index in [1.807, 2.05) is 51.1 Å². The molecule has 1 N–H and O–H groups in total. The number of nitrogens with one attached hydrogen (secondary N) is 1. The lowest BCUT2D eigenvalue weighted by Gasteiger charge is -2.17. The third kappa shape index (κ3) is 3.34. The Morgan fingerprint density at radius 3 is 2.46 bits per heavy atom. The second-order valence-corrected chi connectivity index (χ2v) is 8.86. The molecule has 0 spiro atoms. The number of hydrogen-bond donors (Lipinski definition) is 1. The minimum atomic E-state index is -3.77. The van der Waals surface area contributed by atoms with Crippen molar-refractivity contribution in [2.75, 3.05) is 4.72 Å². The van der Waals surface area contributed by atoms with E-state index in [9.17, 15) is 8.42 Å². The van der Waals surface area contributed by atoms with Crippen LogP contribution in [0, 0.1) is 0 Å². The molecule has 2 heterocycles. The van der Waals surface area contributed by atoms with E-state index >= 15 is 0 Å². The Morgan fingerprint density at radius 2 is 1.88 bits per heavy atom. The maximum atomic E-state index is 12.8. The predicted octanol–water partition coefficient (Wildman–Crippen LogP) is 3.43. The van der Waals surface area contributed by atoms with Gasteiger partial charge in [0.1, 0.15) is 4.90 Å². The molecule has 0 atom stereocenters. The van der Waals surface area contributed by atoms with Crippen LogP contribution in [0.5, 0.6) is 0 Å². The van der Waals surface area contributed by atoms with Gasteiger partial charge >= 0.3 is 0 Å². The van der Waals surface area contributed by atoms with Crippen LogP contribution in [0.15, 0.2) is 53.0 Å². The molecule has 3 rings (SSSR count). The van der Waals surface area contributed by atoms with Crippen LogP contribution in [0.4, 0.5) is 5.13 Å². The zero-order valence-electron chi connectivity index (χ0n) is 13.6. The lowest BCUT2D eigenvalue weighted by Crippen LogP contribution is -2.20. The minimum absolute atomic E-state index is 0.161. The number of aromatic nitrogens is 3. The predicted molar refractivity (Wildman–Crippen MR) is 95.2 cm³/mol. The van der Waals surface area contributed by atoms with Gasteiger partial charge in [-0.05, 0) is 12.1 Å². The first kappa shape index (κ1) is 16.7. The second-order valence-electron chi connectivity index (χ2n) is 6.31. The number of anilines is 1. The first-order valence-electron chi connectivity index (χ1n) is 7.35. The summed E-state index contributed by atoms with van der Waals surface area (Å²) in [5.41, 5.74) is 0.890. The van der Waals surface area contributed by atoms with E-state index in [0.717, 1.165) is 5.69 Å². The summed E-state index contributed by atoms with van der Waals surface area (Å²) in [6.07, 6.45) is 3.10. The Kier molecular flexibility index (Phi) is 4.18. The van der Waals surface area contributed by atoms with Gasteiger partial charge in [-0.3, -0.25) is 4.72 Å². The minimum Gasteiger partial charge on any atom is -0.255 e. The van der Waals surface area contributed by atoms with Crippen LogP contribution < -0.4 is 4.72 Å². The van der Waals surface area contributed by atoms with E-state index < -0.39 is 15.4 Å². The Balaban J connectivity index is 2.11. The van der Waals surface area contributed by atoms with Crippen LogP contribution in [0.25, 0.3) is 5.69 Å². The average Bonchev–Trinajstić information content (AvgIpc) is 3.16. The monoisotopic (exact) mass is 362 g/mol. The van der Waals surface area contributed by atoms with Crippen molar-refractivity contribution in [3.63, 3.8) is 0 Å². The van der Waals surface area contributed by atoms with Crippen molar-refractivity contribution in [3.8, 4) is 5.69 Å². The summed E-state index contributed by atoms with van der Waals surface area (Å²) >= 11 is 1.23. The van der Waals surface area contributed by atoms with Crippen LogP contribution in [0.1, 0.15) is 26.5 Å². The summed E-state index contributed by atoms with van der Waals surface area (Å²) in [5.74, 6) is 0. The van der Waals surface area contributed by atoms with Crippen LogP contribution in [-0.4, -0.2) is 23.2 Å². The van der Waals surface area contributed by atoms with Gasteiger partial charge in [-0.1, -0.05) is 39.0 Å². The number of hydrogen-bond acceptors (Lipinski definition) is 5. The summed E-state index contributed by atoms with van der Waals surface area (Å²) in [4.78, 5) is 4.15. The lowest BCUT2D eigenvalue weighted by atomic mass is 9.92.